The van der Waals surface area contributed by atoms with E-state index in [-0.39, 0.29) is 0 Å². The highest BCUT2D eigenvalue weighted by Crippen LogP contribution is 2.24. The van der Waals surface area contributed by atoms with Gasteiger partial charge in [-0.1, -0.05) is 20.3 Å². The Morgan fingerprint density at radius 1 is 1.38 bits per heavy atom. The second-order valence-electron chi connectivity index (χ2n) is 4.29. The van der Waals surface area contributed by atoms with Gasteiger partial charge in [-0.3, -0.25) is 4.90 Å². The largest absolute Gasteiger partial charge is 0.296 e. The van der Waals surface area contributed by atoms with Gasteiger partial charge in [0.15, 0.2) is 0 Å². The zero-order valence-electron chi connectivity index (χ0n) is 10.5. The lowest BCUT2D eigenvalue weighted by molar-refractivity contribution is 0.194. The first-order valence-corrected chi connectivity index (χ1v) is 7.76. The van der Waals surface area contributed by atoms with Crippen LogP contribution in [0.4, 0.5) is 0 Å². The number of unbranched alkanes of at least 4 members (excludes halogenated alkanes) is 1. The standard InChI is InChI=1S/C13H22BrNS/c1-4-6-9-15(11(3)5-2)10-12-7-8-13(14)16-12/h7-8,11H,4-6,9-10H2,1-3H3. The summed E-state index contributed by atoms with van der Waals surface area (Å²) in [6, 6.07) is 5.07. The molecule has 1 heterocycles. The SMILES string of the molecule is CCCCN(Cc1ccc(Br)s1)C(C)CC. The van der Waals surface area contributed by atoms with Gasteiger partial charge >= 0.3 is 0 Å². The van der Waals surface area contributed by atoms with Crippen LogP contribution in [0.1, 0.15) is 44.9 Å². The molecule has 1 nitrogen and oxygen atoms in total. The summed E-state index contributed by atoms with van der Waals surface area (Å²) < 4.78 is 1.24. The zero-order valence-corrected chi connectivity index (χ0v) is 12.9. The number of hydrogen-bond donors (Lipinski definition) is 0. The molecule has 0 spiro atoms. The topological polar surface area (TPSA) is 3.24 Å². The molecule has 1 unspecified atom stereocenters. The van der Waals surface area contributed by atoms with E-state index in [0.29, 0.717) is 6.04 Å². The minimum absolute atomic E-state index is 0.687. The molecule has 0 aliphatic heterocycles. The highest BCUT2D eigenvalue weighted by atomic mass is 79.9. The van der Waals surface area contributed by atoms with Crippen molar-refractivity contribution in [3.63, 3.8) is 0 Å². The van der Waals surface area contributed by atoms with Gasteiger partial charge in [-0.05, 0) is 54.4 Å². The molecule has 0 saturated heterocycles. The average molecular weight is 304 g/mol. The maximum atomic E-state index is 3.53. The van der Waals surface area contributed by atoms with Crippen molar-refractivity contribution in [1.29, 1.82) is 0 Å². The number of thiophene rings is 1. The maximum absolute atomic E-state index is 3.53. The Hall–Kier alpha value is 0.140. The molecule has 1 rings (SSSR count). The van der Waals surface area contributed by atoms with E-state index in [1.165, 1.54) is 34.5 Å². The third-order valence-corrected chi connectivity index (χ3v) is 4.61. The Kier molecular flexibility index (Phi) is 6.62. The lowest BCUT2D eigenvalue weighted by Crippen LogP contribution is -2.32. The summed E-state index contributed by atoms with van der Waals surface area (Å²) in [5, 5.41) is 0. The van der Waals surface area contributed by atoms with Crippen molar-refractivity contribution >= 4 is 27.3 Å². The molecule has 1 aromatic rings. The monoisotopic (exact) mass is 303 g/mol. The minimum atomic E-state index is 0.687. The van der Waals surface area contributed by atoms with E-state index in [0.717, 1.165) is 6.54 Å². The van der Waals surface area contributed by atoms with Gasteiger partial charge in [-0.25, -0.2) is 0 Å². The zero-order chi connectivity index (χ0) is 12.0. The van der Waals surface area contributed by atoms with Gasteiger partial charge in [0, 0.05) is 17.5 Å². The second-order valence-corrected chi connectivity index (χ2v) is 6.83. The summed E-state index contributed by atoms with van der Waals surface area (Å²) in [5.41, 5.74) is 0. The minimum Gasteiger partial charge on any atom is -0.296 e. The molecule has 0 fully saturated rings. The Balaban J connectivity index is 2.55. The Morgan fingerprint density at radius 3 is 2.62 bits per heavy atom. The van der Waals surface area contributed by atoms with Gasteiger partial charge in [-0.2, -0.15) is 0 Å². The molecular formula is C13H22BrNS. The Morgan fingerprint density at radius 2 is 2.12 bits per heavy atom. The predicted octanol–water partition coefficient (Wildman–Crippen LogP) is 4.91. The van der Waals surface area contributed by atoms with Crippen molar-refractivity contribution in [3.05, 3.63) is 20.8 Å². The van der Waals surface area contributed by atoms with Crippen LogP contribution in [0.15, 0.2) is 15.9 Å². The van der Waals surface area contributed by atoms with Crippen molar-refractivity contribution in [2.45, 2.75) is 52.6 Å². The molecule has 0 aromatic carbocycles. The smallest absolute Gasteiger partial charge is 0.0701 e. The molecule has 92 valence electrons. The summed E-state index contributed by atoms with van der Waals surface area (Å²) in [6.07, 6.45) is 3.81. The van der Waals surface area contributed by atoms with Crippen LogP contribution in [0.3, 0.4) is 0 Å². The fraction of sp³-hybridized carbons (Fsp3) is 0.692. The summed E-state index contributed by atoms with van der Waals surface area (Å²) in [5.74, 6) is 0. The Labute approximate surface area is 112 Å². The highest BCUT2D eigenvalue weighted by molar-refractivity contribution is 9.11. The van der Waals surface area contributed by atoms with E-state index in [1.807, 2.05) is 11.3 Å². The number of rotatable bonds is 7. The molecule has 0 amide bonds. The van der Waals surface area contributed by atoms with Crippen molar-refractivity contribution < 1.29 is 0 Å². The molecule has 1 aromatic heterocycles. The van der Waals surface area contributed by atoms with E-state index >= 15 is 0 Å². The van der Waals surface area contributed by atoms with Crippen LogP contribution < -0.4 is 0 Å². The van der Waals surface area contributed by atoms with Crippen LogP contribution in [0.2, 0.25) is 0 Å². The molecular weight excluding hydrogens is 282 g/mol. The fourth-order valence-corrected chi connectivity index (χ4v) is 3.22. The van der Waals surface area contributed by atoms with Crippen LogP contribution in [-0.4, -0.2) is 17.5 Å². The third-order valence-electron chi connectivity index (χ3n) is 3.00. The van der Waals surface area contributed by atoms with E-state index in [9.17, 15) is 0 Å². The van der Waals surface area contributed by atoms with E-state index in [1.54, 1.807) is 0 Å². The first kappa shape index (κ1) is 14.2. The number of halogens is 1. The fourth-order valence-electron chi connectivity index (χ4n) is 1.71. The van der Waals surface area contributed by atoms with Crippen LogP contribution in [0.25, 0.3) is 0 Å². The summed E-state index contributed by atoms with van der Waals surface area (Å²) in [4.78, 5) is 4.06. The van der Waals surface area contributed by atoms with E-state index in [2.05, 4.69) is 53.7 Å². The molecule has 0 bridgehead atoms. The summed E-state index contributed by atoms with van der Waals surface area (Å²) in [6.45, 7) is 9.19. The highest BCUT2D eigenvalue weighted by Gasteiger charge is 2.12. The molecule has 1 atom stereocenters. The Bertz CT molecular complexity index is 298. The van der Waals surface area contributed by atoms with Crippen molar-refractivity contribution in [3.8, 4) is 0 Å². The maximum Gasteiger partial charge on any atom is 0.0701 e. The first-order chi connectivity index (χ1) is 7.67. The average Bonchev–Trinajstić information content (AvgIpc) is 2.69. The van der Waals surface area contributed by atoms with E-state index < -0.39 is 0 Å². The van der Waals surface area contributed by atoms with Gasteiger partial charge in [-0.15, -0.1) is 11.3 Å². The van der Waals surface area contributed by atoms with Gasteiger partial charge in [0.05, 0.1) is 3.79 Å². The molecule has 0 saturated carbocycles. The molecule has 0 N–H and O–H groups in total. The summed E-state index contributed by atoms with van der Waals surface area (Å²) >= 11 is 5.38. The van der Waals surface area contributed by atoms with Crippen molar-refractivity contribution in [1.82, 2.24) is 4.90 Å². The van der Waals surface area contributed by atoms with Crippen LogP contribution in [0, 0.1) is 0 Å². The molecule has 3 heteroatoms. The molecule has 16 heavy (non-hydrogen) atoms. The first-order valence-electron chi connectivity index (χ1n) is 6.15. The lowest BCUT2D eigenvalue weighted by atomic mass is 10.2. The lowest BCUT2D eigenvalue weighted by Gasteiger charge is -2.27. The quantitative estimate of drug-likeness (QED) is 0.691. The van der Waals surface area contributed by atoms with Gasteiger partial charge in [0.1, 0.15) is 0 Å². The third kappa shape index (κ3) is 4.56. The molecule has 0 radical (unpaired) electrons. The number of hydrogen-bond acceptors (Lipinski definition) is 2. The second kappa shape index (κ2) is 7.46. The van der Waals surface area contributed by atoms with Crippen LogP contribution in [-0.2, 0) is 6.54 Å². The molecule has 0 aliphatic carbocycles. The van der Waals surface area contributed by atoms with Crippen molar-refractivity contribution in [2.24, 2.45) is 0 Å². The van der Waals surface area contributed by atoms with Gasteiger partial charge in [0.2, 0.25) is 0 Å². The summed E-state index contributed by atoms with van der Waals surface area (Å²) in [7, 11) is 0. The predicted molar refractivity (Wildman–Crippen MR) is 77.1 cm³/mol. The normalized spacial score (nSPS) is 13.3. The number of nitrogens with zero attached hydrogens (tertiary/aromatic N) is 1. The van der Waals surface area contributed by atoms with Crippen LogP contribution in [0.5, 0.6) is 0 Å². The van der Waals surface area contributed by atoms with Crippen LogP contribution >= 0.6 is 27.3 Å². The van der Waals surface area contributed by atoms with E-state index in [4.69, 9.17) is 0 Å². The van der Waals surface area contributed by atoms with Gasteiger partial charge in [0.25, 0.3) is 0 Å². The van der Waals surface area contributed by atoms with Gasteiger partial charge < -0.3 is 0 Å². The van der Waals surface area contributed by atoms with Crippen molar-refractivity contribution in [2.75, 3.05) is 6.54 Å². The molecule has 0 aliphatic rings.